The molecule has 0 heterocycles. The molecule has 0 aromatic heterocycles. The van der Waals surface area contributed by atoms with Crippen molar-refractivity contribution < 1.29 is 9.53 Å². The lowest BCUT2D eigenvalue weighted by Gasteiger charge is -2.12. The van der Waals surface area contributed by atoms with Crippen LogP contribution in [0.15, 0.2) is 36.4 Å². The SMILES string of the molecule is COc1cccc(N)c1C(=O)Nc1ccc(I)cc1Cl. The lowest BCUT2D eigenvalue weighted by molar-refractivity contribution is 0.102. The number of halogens is 2. The monoisotopic (exact) mass is 402 g/mol. The molecule has 1 amide bonds. The van der Waals surface area contributed by atoms with Crippen LogP contribution in [0.4, 0.5) is 11.4 Å². The van der Waals surface area contributed by atoms with Crippen LogP contribution in [-0.2, 0) is 0 Å². The Labute approximate surface area is 135 Å². The quantitative estimate of drug-likeness (QED) is 0.606. The number of nitrogens with two attached hydrogens (primary N) is 1. The zero-order valence-corrected chi connectivity index (χ0v) is 13.5. The van der Waals surface area contributed by atoms with Crippen molar-refractivity contribution in [1.29, 1.82) is 0 Å². The van der Waals surface area contributed by atoms with Gasteiger partial charge in [0.05, 0.1) is 17.8 Å². The van der Waals surface area contributed by atoms with Gasteiger partial charge in [0.25, 0.3) is 5.91 Å². The van der Waals surface area contributed by atoms with Crippen molar-refractivity contribution in [3.05, 3.63) is 50.6 Å². The van der Waals surface area contributed by atoms with Gasteiger partial charge in [-0.3, -0.25) is 4.79 Å². The average Bonchev–Trinajstić information content (AvgIpc) is 2.41. The van der Waals surface area contributed by atoms with E-state index in [1.807, 2.05) is 6.07 Å². The van der Waals surface area contributed by atoms with Crippen LogP contribution in [0.5, 0.6) is 5.75 Å². The Bertz CT molecular complexity index is 662. The predicted octanol–water partition coefficient (Wildman–Crippen LogP) is 3.79. The zero-order valence-electron chi connectivity index (χ0n) is 10.6. The van der Waals surface area contributed by atoms with E-state index in [2.05, 4.69) is 27.9 Å². The van der Waals surface area contributed by atoms with Crippen LogP contribution in [0.2, 0.25) is 5.02 Å². The molecular formula is C14H12ClIN2O2. The summed E-state index contributed by atoms with van der Waals surface area (Å²) in [4.78, 5) is 12.3. The normalized spacial score (nSPS) is 10.2. The van der Waals surface area contributed by atoms with Gasteiger partial charge >= 0.3 is 0 Å². The number of hydrogen-bond donors (Lipinski definition) is 2. The fourth-order valence-electron chi connectivity index (χ4n) is 1.74. The van der Waals surface area contributed by atoms with Gasteiger partial charge in [-0.05, 0) is 52.9 Å². The predicted molar refractivity (Wildman–Crippen MR) is 89.5 cm³/mol. The highest BCUT2D eigenvalue weighted by molar-refractivity contribution is 14.1. The molecule has 0 aliphatic carbocycles. The van der Waals surface area contributed by atoms with E-state index >= 15 is 0 Å². The molecule has 2 aromatic rings. The molecule has 2 rings (SSSR count). The molecule has 0 unspecified atom stereocenters. The molecule has 0 saturated heterocycles. The minimum absolute atomic E-state index is 0.296. The second-order valence-corrected chi connectivity index (χ2v) is 5.66. The number of nitrogens with one attached hydrogen (secondary N) is 1. The van der Waals surface area contributed by atoms with Gasteiger partial charge in [-0.1, -0.05) is 17.7 Å². The van der Waals surface area contributed by atoms with Crippen molar-refractivity contribution in [2.75, 3.05) is 18.2 Å². The number of hydrogen-bond acceptors (Lipinski definition) is 3. The first-order valence-corrected chi connectivity index (χ1v) is 7.17. The van der Waals surface area contributed by atoms with E-state index in [1.54, 1.807) is 30.3 Å². The molecule has 2 aromatic carbocycles. The van der Waals surface area contributed by atoms with Gasteiger partial charge in [0.2, 0.25) is 0 Å². The summed E-state index contributed by atoms with van der Waals surface area (Å²) in [5.74, 6) is 0.0622. The molecule has 6 heteroatoms. The summed E-state index contributed by atoms with van der Waals surface area (Å²) in [5, 5.41) is 3.21. The van der Waals surface area contributed by atoms with Gasteiger partial charge in [-0.2, -0.15) is 0 Å². The second-order valence-electron chi connectivity index (χ2n) is 4.00. The van der Waals surface area contributed by atoms with Crippen LogP contribution in [0.3, 0.4) is 0 Å². The largest absolute Gasteiger partial charge is 0.496 e. The highest BCUT2D eigenvalue weighted by atomic mass is 127. The van der Waals surface area contributed by atoms with Crippen molar-refractivity contribution in [2.24, 2.45) is 0 Å². The topological polar surface area (TPSA) is 64.3 Å². The molecule has 0 aliphatic rings. The fraction of sp³-hybridized carbons (Fsp3) is 0.0714. The molecule has 0 bridgehead atoms. The van der Waals surface area contributed by atoms with Crippen LogP contribution < -0.4 is 15.8 Å². The average molecular weight is 403 g/mol. The first kappa shape index (κ1) is 14.9. The van der Waals surface area contributed by atoms with E-state index in [4.69, 9.17) is 22.1 Å². The third-order valence-corrected chi connectivity index (χ3v) is 3.67. The number of anilines is 2. The van der Waals surface area contributed by atoms with E-state index in [-0.39, 0.29) is 5.91 Å². The van der Waals surface area contributed by atoms with Crippen LogP contribution in [0.1, 0.15) is 10.4 Å². The standard InChI is InChI=1S/C14H12ClIN2O2/c1-20-12-4-2-3-10(17)13(12)14(19)18-11-6-5-8(16)7-9(11)15/h2-7H,17H2,1H3,(H,18,19). The summed E-state index contributed by atoms with van der Waals surface area (Å²) in [6.45, 7) is 0. The first-order valence-electron chi connectivity index (χ1n) is 5.72. The summed E-state index contributed by atoms with van der Waals surface area (Å²) < 4.78 is 6.15. The zero-order chi connectivity index (χ0) is 14.7. The molecule has 0 spiro atoms. The van der Waals surface area contributed by atoms with Gasteiger partial charge < -0.3 is 15.8 Å². The fourth-order valence-corrected chi connectivity index (χ4v) is 2.64. The Kier molecular flexibility index (Phi) is 4.72. The van der Waals surface area contributed by atoms with Gasteiger partial charge in [-0.25, -0.2) is 0 Å². The first-order chi connectivity index (χ1) is 9.52. The van der Waals surface area contributed by atoms with Crippen molar-refractivity contribution in [3.8, 4) is 5.75 Å². The number of nitrogen functional groups attached to an aromatic ring is 1. The van der Waals surface area contributed by atoms with E-state index in [1.165, 1.54) is 7.11 Å². The number of amides is 1. The Hall–Kier alpha value is -1.47. The summed E-state index contributed by atoms with van der Waals surface area (Å²) >= 11 is 8.24. The molecule has 0 aliphatic heterocycles. The Morgan fingerprint density at radius 1 is 1.35 bits per heavy atom. The van der Waals surface area contributed by atoms with Crippen LogP contribution in [0, 0.1) is 3.57 Å². The maximum absolute atomic E-state index is 12.3. The minimum Gasteiger partial charge on any atom is -0.496 e. The Morgan fingerprint density at radius 3 is 2.75 bits per heavy atom. The lowest BCUT2D eigenvalue weighted by Crippen LogP contribution is -2.15. The molecular weight excluding hydrogens is 391 g/mol. The number of carbonyl (C=O) groups is 1. The molecule has 20 heavy (non-hydrogen) atoms. The summed E-state index contributed by atoms with van der Waals surface area (Å²) in [5.41, 5.74) is 7.02. The Balaban J connectivity index is 2.33. The van der Waals surface area contributed by atoms with Gasteiger partial charge in [0, 0.05) is 9.26 Å². The van der Waals surface area contributed by atoms with Gasteiger partial charge in [0.15, 0.2) is 0 Å². The van der Waals surface area contributed by atoms with Crippen molar-refractivity contribution >= 4 is 51.5 Å². The van der Waals surface area contributed by atoms with Crippen molar-refractivity contribution in [1.82, 2.24) is 0 Å². The number of methoxy groups -OCH3 is 1. The summed E-state index contributed by atoms with van der Waals surface area (Å²) in [7, 11) is 1.49. The number of benzene rings is 2. The second kappa shape index (κ2) is 6.32. The minimum atomic E-state index is -0.358. The van der Waals surface area contributed by atoms with Crippen LogP contribution in [-0.4, -0.2) is 13.0 Å². The van der Waals surface area contributed by atoms with Gasteiger partial charge in [0.1, 0.15) is 11.3 Å². The highest BCUT2D eigenvalue weighted by Gasteiger charge is 2.16. The Morgan fingerprint density at radius 2 is 2.10 bits per heavy atom. The maximum atomic E-state index is 12.3. The summed E-state index contributed by atoms with van der Waals surface area (Å²) in [6.07, 6.45) is 0. The van der Waals surface area contributed by atoms with E-state index in [0.717, 1.165) is 3.57 Å². The lowest BCUT2D eigenvalue weighted by atomic mass is 10.1. The summed E-state index contributed by atoms with van der Waals surface area (Å²) in [6, 6.07) is 10.4. The van der Waals surface area contributed by atoms with Crippen LogP contribution in [0.25, 0.3) is 0 Å². The highest BCUT2D eigenvalue weighted by Crippen LogP contribution is 2.28. The molecule has 0 atom stereocenters. The molecule has 0 fully saturated rings. The smallest absolute Gasteiger partial charge is 0.261 e. The van der Waals surface area contributed by atoms with Crippen molar-refractivity contribution in [3.63, 3.8) is 0 Å². The molecule has 0 saturated carbocycles. The van der Waals surface area contributed by atoms with Crippen LogP contribution >= 0.6 is 34.2 Å². The molecule has 0 radical (unpaired) electrons. The van der Waals surface area contributed by atoms with Crippen molar-refractivity contribution in [2.45, 2.75) is 0 Å². The number of ether oxygens (including phenoxy) is 1. The number of carbonyl (C=O) groups excluding carboxylic acids is 1. The van der Waals surface area contributed by atoms with E-state index < -0.39 is 0 Å². The van der Waals surface area contributed by atoms with Gasteiger partial charge in [-0.15, -0.1) is 0 Å². The van der Waals surface area contributed by atoms with E-state index in [9.17, 15) is 4.79 Å². The maximum Gasteiger partial charge on any atom is 0.261 e. The molecule has 3 N–H and O–H groups in total. The van der Waals surface area contributed by atoms with E-state index in [0.29, 0.717) is 27.7 Å². The molecule has 4 nitrogen and oxygen atoms in total. The third-order valence-electron chi connectivity index (χ3n) is 2.68. The third kappa shape index (κ3) is 3.16. The number of rotatable bonds is 3. The molecule has 104 valence electrons.